The van der Waals surface area contributed by atoms with Crippen molar-refractivity contribution in [3.63, 3.8) is 0 Å². The van der Waals surface area contributed by atoms with Gasteiger partial charge in [-0.25, -0.2) is 4.98 Å². The van der Waals surface area contributed by atoms with Crippen LogP contribution >= 0.6 is 11.6 Å². The fourth-order valence-corrected chi connectivity index (χ4v) is 2.06. The second-order valence-corrected chi connectivity index (χ2v) is 4.25. The Morgan fingerprint density at radius 2 is 2.24 bits per heavy atom. The van der Waals surface area contributed by atoms with Crippen LogP contribution in [0.1, 0.15) is 10.5 Å². The number of halogens is 1. The molecule has 1 aliphatic heterocycles. The standard InChI is InChI=1S/C11H15ClN4O/c1-13-11(17)10-9(12)6-8(7-15-10)16-4-2-14-3-5-16/h6-7,14H,2-5H2,1H3,(H,13,17). The number of hydrogen-bond donors (Lipinski definition) is 2. The van der Waals surface area contributed by atoms with Gasteiger partial charge in [0.05, 0.1) is 16.9 Å². The lowest BCUT2D eigenvalue weighted by Crippen LogP contribution is -2.43. The van der Waals surface area contributed by atoms with E-state index in [1.165, 1.54) is 0 Å². The Morgan fingerprint density at radius 3 is 2.82 bits per heavy atom. The minimum atomic E-state index is -0.262. The first-order valence-corrected chi connectivity index (χ1v) is 5.93. The molecular formula is C11H15ClN4O. The molecule has 1 aliphatic rings. The highest BCUT2D eigenvalue weighted by Crippen LogP contribution is 2.21. The normalized spacial score (nSPS) is 15.8. The fourth-order valence-electron chi connectivity index (χ4n) is 1.81. The molecule has 1 aromatic rings. The van der Waals surface area contributed by atoms with E-state index in [0.29, 0.717) is 5.02 Å². The fraction of sp³-hybridized carbons (Fsp3) is 0.455. The van der Waals surface area contributed by atoms with E-state index in [-0.39, 0.29) is 11.6 Å². The highest BCUT2D eigenvalue weighted by atomic mass is 35.5. The first kappa shape index (κ1) is 12.1. The van der Waals surface area contributed by atoms with Gasteiger partial charge >= 0.3 is 0 Å². The molecule has 0 radical (unpaired) electrons. The van der Waals surface area contributed by atoms with Gasteiger partial charge in [-0.3, -0.25) is 4.79 Å². The van der Waals surface area contributed by atoms with Gasteiger partial charge in [-0.15, -0.1) is 0 Å². The summed E-state index contributed by atoms with van der Waals surface area (Å²) >= 11 is 6.06. The largest absolute Gasteiger partial charge is 0.368 e. The van der Waals surface area contributed by atoms with Gasteiger partial charge in [0.2, 0.25) is 0 Å². The third kappa shape index (κ3) is 2.68. The number of nitrogens with zero attached hydrogens (tertiary/aromatic N) is 2. The zero-order chi connectivity index (χ0) is 12.3. The second-order valence-electron chi connectivity index (χ2n) is 3.84. The Bertz CT molecular complexity index is 418. The van der Waals surface area contributed by atoms with Gasteiger partial charge in [-0.1, -0.05) is 11.6 Å². The Hall–Kier alpha value is -1.33. The van der Waals surface area contributed by atoms with Crippen molar-refractivity contribution in [2.45, 2.75) is 0 Å². The SMILES string of the molecule is CNC(=O)c1ncc(N2CCNCC2)cc1Cl. The van der Waals surface area contributed by atoms with Gasteiger partial charge in [0.15, 0.2) is 0 Å². The molecule has 0 aromatic carbocycles. The average Bonchev–Trinajstić information content (AvgIpc) is 2.39. The molecule has 0 saturated carbocycles. The number of aromatic nitrogens is 1. The topological polar surface area (TPSA) is 57.3 Å². The van der Waals surface area contributed by atoms with Gasteiger partial charge in [0, 0.05) is 33.2 Å². The van der Waals surface area contributed by atoms with Crippen LogP contribution in [-0.4, -0.2) is 44.1 Å². The zero-order valence-electron chi connectivity index (χ0n) is 9.66. The van der Waals surface area contributed by atoms with E-state index in [1.807, 2.05) is 0 Å². The number of anilines is 1. The number of nitrogens with one attached hydrogen (secondary N) is 2. The summed E-state index contributed by atoms with van der Waals surface area (Å²) in [6.07, 6.45) is 1.70. The van der Waals surface area contributed by atoms with Crippen LogP contribution in [0, 0.1) is 0 Å². The molecule has 0 spiro atoms. The molecule has 1 amide bonds. The maximum absolute atomic E-state index is 11.4. The van der Waals surface area contributed by atoms with Crippen molar-refractivity contribution in [2.24, 2.45) is 0 Å². The summed E-state index contributed by atoms with van der Waals surface area (Å²) in [4.78, 5) is 17.8. The Kier molecular flexibility index (Phi) is 3.81. The van der Waals surface area contributed by atoms with Crippen LogP contribution in [0.2, 0.25) is 5.02 Å². The number of rotatable bonds is 2. The Labute approximate surface area is 105 Å². The van der Waals surface area contributed by atoms with Crippen LogP contribution in [0.4, 0.5) is 5.69 Å². The zero-order valence-corrected chi connectivity index (χ0v) is 10.4. The van der Waals surface area contributed by atoms with Crippen molar-refractivity contribution in [3.05, 3.63) is 23.0 Å². The molecule has 0 atom stereocenters. The third-order valence-electron chi connectivity index (χ3n) is 2.75. The van der Waals surface area contributed by atoms with E-state index >= 15 is 0 Å². The van der Waals surface area contributed by atoms with E-state index in [9.17, 15) is 4.79 Å². The first-order chi connectivity index (χ1) is 8.22. The van der Waals surface area contributed by atoms with Gasteiger partial charge in [-0.2, -0.15) is 0 Å². The molecule has 5 nitrogen and oxygen atoms in total. The van der Waals surface area contributed by atoms with Gasteiger partial charge in [0.25, 0.3) is 5.91 Å². The second kappa shape index (κ2) is 5.33. The molecule has 2 N–H and O–H groups in total. The molecule has 0 aliphatic carbocycles. The molecule has 1 saturated heterocycles. The van der Waals surface area contributed by atoms with Crippen LogP contribution in [0.5, 0.6) is 0 Å². The summed E-state index contributed by atoms with van der Waals surface area (Å²) in [6, 6.07) is 1.80. The van der Waals surface area contributed by atoms with Gasteiger partial charge < -0.3 is 15.5 Å². The number of carbonyl (C=O) groups excluding carboxylic acids is 1. The average molecular weight is 255 g/mol. The molecule has 0 bridgehead atoms. The summed E-state index contributed by atoms with van der Waals surface area (Å²) in [5.74, 6) is -0.262. The van der Waals surface area contributed by atoms with Crippen LogP contribution in [-0.2, 0) is 0 Å². The number of pyridine rings is 1. The number of amides is 1. The number of carbonyl (C=O) groups is 1. The molecular weight excluding hydrogens is 240 g/mol. The van der Waals surface area contributed by atoms with Crippen molar-refractivity contribution in [2.75, 3.05) is 38.1 Å². The van der Waals surface area contributed by atoms with E-state index < -0.39 is 0 Å². The van der Waals surface area contributed by atoms with Crippen molar-refractivity contribution < 1.29 is 4.79 Å². The summed E-state index contributed by atoms with van der Waals surface area (Å²) in [6.45, 7) is 3.76. The highest BCUT2D eigenvalue weighted by Gasteiger charge is 2.15. The minimum Gasteiger partial charge on any atom is -0.368 e. The smallest absolute Gasteiger partial charge is 0.271 e. The predicted molar refractivity (Wildman–Crippen MR) is 67.7 cm³/mol. The van der Waals surface area contributed by atoms with E-state index in [0.717, 1.165) is 31.9 Å². The maximum atomic E-state index is 11.4. The molecule has 1 aromatic heterocycles. The summed E-state index contributed by atoms with van der Waals surface area (Å²) in [5.41, 5.74) is 1.23. The predicted octanol–water partition coefficient (Wildman–Crippen LogP) is 0.504. The lowest BCUT2D eigenvalue weighted by Gasteiger charge is -2.29. The molecule has 0 unspecified atom stereocenters. The summed E-state index contributed by atoms with van der Waals surface area (Å²) in [7, 11) is 1.56. The lowest BCUT2D eigenvalue weighted by atomic mass is 10.2. The molecule has 92 valence electrons. The van der Waals surface area contributed by atoms with Gasteiger partial charge in [-0.05, 0) is 6.07 Å². The maximum Gasteiger partial charge on any atom is 0.271 e. The van der Waals surface area contributed by atoms with Crippen molar-refractivity contribution in [1.29, 1.82) is 0 Å². The van der Waals surface area contributed by atoms with Crippen LogP contribution in [0.15, 0.2) is 12.3 Å². The number of hydrogen-bond acceptors (Lipinski definition) is 4. The molecule has 1 fully saturated rings. The molecule has 2 heterocycles. The summed E-state index contributed by atoms with van der Waals surface area (Å²) < 4.78 is 0. The Morgan fingerprint density at radius 1 is 1.53 bits per heavy atom. The van der Waals surface area contributed by atoms with Crippen LogP contribution in [0.3, 0.4) is 0 Å². The third-order valence-corrected chi connectivity index (χ3v) is 3.04. The quantitative estimate of drug-likeness (QED) is 0.807. The van der Waals surface area contributed by atoms with E-state index in [4.69, 9.17) is 11.6 Å². The highest BCUT2D eigenvalue weighted by molar-refractivity contribution is 6.33. The molecule has 6 heteroatoms. The lowest BCUT2D eigenvalue weighted by molar-refractivity contribution is 0.0958. The van der Waals surface area contributed by atoms with Gasteiger partial charge in [0.1, 0.15) is 5.69 Å². The van der Waals surface area contributed by atoms with E-state index in [2.05, 4.69) is 20.5 Å². The van der Waals surface area contributed by atoms with Crippen LogP contribution < -0.4 is 15.5 Å². The Balaban J connectivity index is 2.20. The van der Waals surface area contributed by atoms with E-state index in [1.54, 1.807) is 19.3 Å². The van der Waals surface area contributed by atoms with Crippen molar-refractivity contribution in [3.8, 4) is 0 Å². The van der Waals surface area contributed by atoms with Crippen molar-refractivity contribution >= 4 is 23.2 Å². The monoisotopic (exact) mass is 254 g/mol. The summed E-state index contributed by atoms with van der Waals surface area (Å²) in [5, 5.41) is 6.18. The molecule has 17 heavy (non-hydrogen) atoms. The van der Waals surface area contributed by atoms with Crippen molar-refractivity contribution in [1.82, 2.24) is 15.6 Å². The molecule has 2 rings (SSSR count). The number of piperazine rings is 1. The minimum absolute atomic E-state index is 0.262. The first-order valence-electron chi connectivity index (χ1n) is 5.55. The van der Waals surface area contributed by atoms with Crippen LogP contribution in [0.25, 0.3) is 0 Å².